The second kappa shape index (κ2) is 48.0. The van der Waals surface area contributed by atoms with Gasteiger partial charge in [-0.2, -0.15) is 0 Å². The van der Waals surface area contributed by atoms with E-state index in [1.807, 2.05) is 21.1 Å². The third-order valence-electron chi connectivity index (χ3n) is 12.5. The minimum Gasteiger partial charge on any atom is -0.477 e. The Morgan fingerprint density at radius 2 is 0.862 bits per heavy atom. The largest absolute Gasteiger partial charge is 0.477 e. The lowest BCUT2D eigenvalue weighted by molar-refractivity contribution is -0.887. The molecule has 8 nitrogen and oxygen atoms in total. The summed E-state index contributed by atoms with van der Waals surface area (Å²) in [7, 11) is 5.55. The maximum atomic E-state index is 12.8. The Bertz CT molecular complexity index is 1160. The molecule has 0 saturated carbocycles. The average Bonchev–Trinajstić information content (AvgIpc) is 3.27. The van der Waals surface area contributed by atoms with Crippen molar-refractivity contribution in [2.45, 2.75) is 270 Å². The minimum absolute atomic E-state index is 0.0502. The number of carboxylic acids is 1. The summed E-state index contributed by atoms with van der Waals surface area (Å²) in [5.74, 6) is -1.46. The number of quaternary nitrogens is 1. The first kappa shape index (κ1) is 62.5. The Morgan fingerprint density at radius 1 is 0.477 bits per heavy atom. The predicted octanol–water partition coefficient (Wildman–Crippen LogP) is 16.1. The maximum Gasteiger partial charge on any atom is 0.362 e. The van der Waals surface area contributed by atoms with Crippen LogP contribution in [-0.4, -0.2) is 80.6 Å². The van der Waals surface area contributed by atoms with E-state index in [1.54, 1.807) is 0 Å². The van der Waals surface area contributed by atoms with Crippen molar-refractivity contribution in [3.63, 3.8) is 0 Å². The molecule has 0 rings (SSSR count). The van der Waals surface area contributed by atoms with Crippen molar-refractivity contribution >= 4 is 17.9 Å². The fourth-order valence-corrected chi connectivity index (χ4v) is 8.30. The Morgan fingerprint density at radius 3 is 1.28 bits per heavy atom. The van der Waals surface area contributed by atoms with Crippen molar-refractivity contribution in [3.8, 4) is 0 Å². The van der Waals surface area contributed by atoms with Crippen molar-refractivity contribution in [1.29, 1.82) is 0 Å². The van der Waals surface area contributed by atoms with E-state index in [1.165, 1.54) is 173 Å². The topological polar surface area (TPSA) is 99.1 Å². The maximum absolute atomic E-state index is 12.8. The molecule has 2 atom stereocenters. The second-order valence-corrected chi connectivity index (χ2v) is 19.8. The van der Waals surface area contributed by atoms with Crippen LogP contribution in [0, 0.1) is 0 Å². The number of carboxylic acid groups (broad SMARTS) is 1. The first-order chi connectivity index (χ1) is 31.6. The van der Waals surface area contributed by atoms with Crippen LogP contribution in [-0.2, 0) is 28.6 Å². The number of unbranched alkanes of at least 4 members (excludes halogenated alkanes) is 30. The van der Waals surface area contributed by atoms with Gasteiger partial charge in [0.2, 0.25) is 0 Å². The van der Waals surface area contributed by atoms with Crippen LogP contribution in [0.15, 0.2) is 36.5 Å². The van der Waals surface area contributed by atoms with E-state index in [2.05, 4.69) is 50.3 Å². The highest BCUT2D eigenvalue weighted by molar-refractivity contribution is 5.72. The molecule has 0 aliphatic heterocycles. The van der Waals surface area contributed by atoms with Gasteiger partial charge in [0.05, 0.1) is 34.4 Å². The highest BCUT2D eigenvalue weighted by Crippen LogP contribution is 2.16. The molecule has 380 valence electrons. The summed E-state index contributed by atoms with van der Waals surface area (Å²) < 4.78 is 17.4. The van der Waals surface area contributed by atoms with Gasteiger partial charge in [0.25, 0.3) is 0 Å². The van der Waals surface area contributed by atoms with Gasteiger partial charge in [-0.3, -0.25) is 9.59 Å². The van der Waals surface area contributed by atoms with E-state index >= 15 is 0 Å². The molecule has 2 unspecified atom stereocenters. The lowest BCUT2D eigenvalue weighted by Gasteiger charge is -2.31. The number of esters is 2. The molecule has 65 heavy (non-hydrogen) atoms. The van der Waals surface area contributed by atoms with Crippen molar-refractivity contribution in [3.05, 3.63) is 36.5 Å². The summed E-state index contributed by atoms with van der Waals surface area (Å²) in [5.41, 5.74) is 0. The van der Waals surface area contributed by atoms with Crippen molar-refractivity contribution in [2.24, 2.45) is 0 Å². The van der Waals surface area contributed by atoms with Crippen LogP contribution >= 0.6 is 0 Å². The summed E-state index contributed by atoms with van der Waals surface area (Å²) in [6.45, 7) is 4.67. The van der Waals surface area contributed by atoms with E-state index < -0.39 is 18.1 Å². The monoisotopic (exact) mass is 917 g/mol. The van der Waals surface area contributed by atoms with Gasteiger partial charge < -0.3 is 23.8 Å². The standard InChI is InChI=1S/C57H105NO7/c1-6-8-10-12-14-16-18-20-22-24-26-28-30-32-34-36-38-40-42-44-46-48-56(60)65-53(51-63-50-49-54(57(61)62)58(3,4)5)52-64-55(59)47-45-43-41-39-37-35-33-31-29-27-25-23-21-19-17-15-13-11-9-7-2/h8,10,14,16,27,29,53-54H,6-7,9,11-13,15,17-26,28,30-52H2,1-5H3/p+1/b10-8+,16-14+,29-27+. The molecule has 0 spiro atoms. The number of carbonyl (C=O) groups is 3. The van der Waals surface area contributed by atoms with E-state index in [0.29, 0.717) is 19.3 Å². The Labute approximate surface area is 402 Å². The zero-order valence-electron chi connectivity index (χ0n) is 43.5. The van der Waals surface area contributed by atoms with E-state index in [9.17, 15) is 19.5 Å². The number of ether oxygens (including phenoxy) is 3. The van der Waals surface area contributed by atoms with Crippen LogP contribution in [0.3, 0.4) is 0 Å². The minimum atomic E-state index is -0.873. The molecule has 1 N–H and O–H groups in total. The van der Waals surface area contributed by atoms with Gasteiger partial charge >= 0.3 is 17.9 Å². The molecule has 0 fully saturated rings. The Hall–Kier alpha value is -2.45. The van der Waals surface area contributed by atoms with Crippen molar-refractivity contribution in [2.75, 3.05) is 41.0 Å². The normalized spacial score (nSPS) is 13.1. The van der Waals surface area contributed by atoms with E-state index in [4.69, 9.17) is 14.2 Å². The Kier molecular flexibility index (Phi) is 46.2. The van der Waals surface area contributed by atoms with Gasteiger partial charge in [0.1, 0.15) is 6.61 Å². The SMILES string of the molecule is CC/C=C/C/C=C/CCCCCCCCCCCCCCCCC(=O)OC(COCCC(C(=O)O)[N+](C)(C)C)COC(=O)CCCCCCCCC/C=C/CCCCCCCCCCC. The zero-order chi connectivity index (χ0) is 47.7. The number of likely N-dealkylation sites (N-methyl/N-ethyl adjacent to an activating group) is 1. The summed E-state index contributed by atoms with van der Waals surface area (Å²) in [6, 6.07) is -0.615. The van der Waals surface area contributed by atoms with Crippen LogP contribution < -0.4 is 0 Å². The summed E-state index contributed by atoms with van der Waals surface area (Å²) >= 11 is 0. The van der Waals surface area contributed by atoms with E-state index in [0.717, 1.165) is 51.4 Å². The zero-order valence-corrected chi connectivity index (χ0v) is 43.5. The van der Waals surface area contributed by atoms with Crippen LogP contribution in [0.4, 0.5) is 0 Å². The number of carbonyl (C=O) groups excluding carboxylic acids is 2. The van der Waals surface area contributed by atoms with Crippen LogP contribution in [0.5, 0.6) is 0 Å². The van der Waals surface area contributed by atoms with Crippen molar-refractivity contribution in [1.82, 2.24) is 0 Å². The number of rotatable bonds is 50. The summed E-state index contributed by atoms with van der Waals surface area (Å²) in [6.07, 6.45) is 57.7. The highest BCUT2D eigenvalue weighted by Gasteiger charge is 2.31. The van der Waals surface area contributed by atoms with Gasteiger partial charge in [-0.25, -0.2) is 4.79 Å². The van der Waals surface area contributed by atoms with E-state index in [-0.39, 0.29) is 36.2 Å². The van der Waals surface area contributed by atoms with Gasteiger partial charge in [-0.1, -0.05) is 211 Å². The smallest absolute Gasteiger partial charge is 0.362 e. The average molecular weight is 917 g/mol. The fourth-order valence-electron chi connectivity index (χ4n) is 8.30. The molecule has 0 saturated heterocycles. The molecule has 0 aromatic carbocycles. The predicted molar refractivity (Wildman–Crippen MR) is 275 cm³/mol. The van der Waals surface area contributed by atoms with Gasteiger partial charge in [0, 0.05) is 19.3 Å². The first-order valence-corrected chi connectivity index (χ1v) is 27.5. The molecule has 0 aromatic heterocycles. The molecule has 0 radical (unpaired) electrons. The van der Waals surface area contributed by atoms with Crippen LogP contribution in [0.1, 0.15) is 258 Å². The lowest BCUT2D eigenvalue weighted by Crippen LogP contribution is -2.50. The molecular formula is C57H106NO7+. The molecule has 0 amide bonds. The van der Waals surface area contributed by atoms with Crippen LogP contribution in [0.25, 0.3) is 0 Å². The fraction of sp³-hybridized carbons (Fsp3) is 0.842. The molecule has 0 aromatic rings. The van der Waals surface area contributed by atoms with Gasteiger partial charge in [-0.05, 0) is 64.2 Å². The Balaban J connectivity index is 4.18. The van der Waals surface area contributed by atoms with Gasteiger partial charge in [0.15, 0.2) is 12.1 Å². The lowest BCUT2D eigenvalue weighted by atomic mass is 10.0. The third-order valence-corrected chi connectivity index (χ3v) is 12.5. The summed E-state index contributed by atoms with van der Waals surface area (Å²) in [4.78, 5) is 37.2. The highest BCUT2D eigenvalue weighted by atomic mass is 16.6. The molecule has 0 aliphatic rings. The van der Waals surface area contributed by atoms with Gasteiger partial charge in [-0.15, -0.1) is 0 Å². The number of hydrogen-bond acceptors (Lipinski definition) is 6. The number of allylic oxidation sites excluding steroid dienone is 6. The molecular weight excluding hydrogens is 811 g/mol. The quantitative estimate of drug-likeness (QED) is 0.0281. The second-order valence-electron chi connectivity index (χ2n) is 19.8. The number of nitrogens with zero attached hydrogens (tertiary/aromatic N) is 1. The molecule has 0 heterocycles. The van der Waals surface area contributed by atoms with Crippen LogP contribution in [0.2, 0.25) is 0 Å². The number of aliphatic carboxylic acids is 1. The molecule has 0 bridgehead atoms. The first-order valence-electron chi connectivity index (χ1n) is 27.5. The van der Waals surface area contributed by atoms with Crippen molar-refractivity contribution < 1.29 is 38.2 Å². The molecule has 0 aliphatic carbocycles. The number of hydrogen-bond donors (Lipinski definition) is 1. The third kappa shape index (κ3) is 46.4. The summed E-state index contributed by atoms with van der Waals surface area (Å²) in [5, 5.41) is 9.67. The molecule has 8 heteroatoms.